The largest absolute Gasteiger partial charge is 0.491 e. The SMILES string of the molecule is O=C1/C(=C/C=C/c2ccc([N+](=O)[O-])cc2)c2ccccc2N1Cc1ccc(OCCOCCOCCO)cc1. The Bertz CT molecular complexity index is 1320. The molecular formula is C30H30N2O7. The number of nitro groups is 1. The third kappa shape index (κ3) is 7.61. The Balaban J connectivity index is 1.35. The van der Waals surface area contributed by atoms with Crippen LogP contribution in [-0.4, -0.2) is 55.6 Å². The van der Waals surface area contributed by atoms with Gasteiger partial charge in [0.15, 0.2) is 0 Å². The molecule has 1 amide bonds. The van der Waals surface area contributed by atoms with Gasteiger partial charge < -0.3 is 24.2 Å². The third-order valence-electron chi connectivity index (χ3n) is 5.98. The predicted molar refractivity (Wildman–Crippen MR) is 148 cm³/mol. The van der Waals surface area contributed by atoms with Crippen molar-refractivity contribution in [2.24, 2.45) is 0 Å². The minimum atomic E-state index is -0.435. The lowest BCUT2D eigenvalue weighted by molar-refractivity contribution is -0.384. The summed E-state index contributed by atoms with van der Waals surface area (Å²) < 4.78 is 16.3. The van der Waals surface area contributed by atoms with E-state index in [0.29, 0.717) is 50.9 Å². The van der Waals surface area contributed by atoms with Gasteiger partial charge in [-0.2, -0.15) is 0 Å². The van der Waals surface area contributed by atoms with E-state index < -0.39 is 4.92 Å². The number of carbonyl (C=O) groups excluding carboxylic acids is 1. The van der Waals surface area contributed by atoms with E-state index >= 15 is 0 Å². The van der Waals surface area contributed by atoms with Crippen LogP contribution in [0.15, 0.2) is 84.9 Å². The molecule has 0 fully saturated rings. The standard InChI is InChI=1S/C30H30N2O7/c33-16-17-37-18-19-38-20-21-39-26-14-10-24(11-15-26)22-31-29-7-2-1-5-27(29)28(30(31)34)6-3-4-23-8-12-25(13-9-23)32(35)36/h1-15,33H,16-22H2/b4-3+,28-6+. The Kier molecular flexibility index (Phi) is 9.96. The van der Waals surface area contributed by atoms with Gasteiger partial charge in [-0.1, -0.05) is 42.5 Å². The lowest BCUT2D eigenvalue weighted by Crippen LogP contribution is -2.25. The first kappa shape index (κ1) is 27.7. The molecule has 0 unspecified atom stereocenters. The van der Waals surface area contributed by atoms with Crippen molar-refractivity contribution < 1.29 is 29.0 Å². The monoisotopic (exact) mass is 530 g/mol. The third-order valence-corrected chi connectivity index (χ3v) is 5.98. The van der Waals surface area contributed by atoms with Gasteiger partial charge in [0.25, 0.3) is 11.6 Å². The van der Waals surface area contributed by atoms with Crippen LogP contribution < -0.4 is 9.64 Å². The first-order valence-electron chi connectivity index (χ1n) is 12.6. The maximum Gasteiger partial charge on any atom is 0.269 e. The Morgan fingerprint density at radius 2 is 1.56 bits per heavy atom. The van der Waals surface area contributed by atoms with Gasteiger partial charge in [0.1, 0.15) is 12.4 Å². The summed E-state index contributed by atoms with van der Waals surface area (Å²) in [5.74, 6) is 0.619. The average molecular weight is 531 g/mol. The summed E-state index contributed by atoms with van der Waals surface area (Å²) in [6.45, 7) is 2.42. The molecule has 1 aliphatic rings. The van der Waals surface area contributed by atoms with Gasteiger partial charge in [0, 0.05) is 23.3 Å². The number of hydrogen-bond acceptors (Lipinski definition) is 7. The van der Waals surface area contributed by atoms with Gasteiger partial charge >= 0.3 is 0 Å². The number of rotatable bonds is 14. The number of carbonyl (C=O) groups is 1. The van der Waals surface area contributed by atoms with E-state index in [2.05, 4.69) is 0 Å². The van der Waals surface area contributed by atoms with E-state index in [1.54, 1.807) is 29.2 Å². The Morgan fingerprint density at radius 1 is 0.872 bits per heavy atom. The van der Waals surface area contributed by atoms with E-state index in [1.165, 1.54) is 12.1 Å². The second kappa shape index (κ2) is 14.0. The molecule has 0 radical (unpaired) electrons. The number of fused-ring (bicyclic) bond motifs is 1. The van der Waals surface area contributed by atoms with Crippen molar-refractivity contribution in [2.45, 2.75) is 6.54 Å². The van der Waals surface area contributed by atoms with Gasteiger partial charge in [-0.25, -0.2) is 0 Å². The molecule has 0 spiro atoms. The van der Waals surface area contributed by atoms with Crippen molar-refractivity contribution in [3.05, 3.63) is 112 Å². The van der Waals surface area contributed by atoms with Crippen LogP contribution in [0.5, 0.6) is 5.75 Å². The van der Waals surface area contributed by atoms with Crippen molar-refractivity contribution >= 4 is 28.9 Å². The number of ether oxygens (including phenoxy) is 3. The van der Waals surface area contributed by atoms with E-state index in [0.717, 1.165) is 22.4 Å². The fraction of sp³-hybridized carbons (Fsp3) is 0.233. The lowest BCUT2D eigenvalue weighted by Gasteiger charge is -2.17. The molecule has 9 nitrogen and oxygen atoms in total. The molecular weight excluding hydrogens is 500 g/mol. The topological polar surface area (TPSA) is 111 Å². The summed E-state index contributed by atoms with van der Waals surface area (Å²) in [7, 11) is 0. The summed E-state index contributed by atoms with van der Waals surface area (Å²) in [6, 6.07) is 21.5. The number of nitrogens with zero attached hydrogens (tertiary/aromatic N) is 2. The molecule has 4 rings (SSSR count). The number of aliphatic hydroxyl groups is 1. The van der Waals surface area contributed by atoms with E-state index in [1.807, 2.05) is 54.6 Å². The van der Waals surface area contributed by atoms with Crippen LogP contribution in [0.2, 0.25) is 0 Å². The van der Waals surface area contributed by atoms with Crippen LogP contribution in [-0.2, 0) is 20.8 Å². The first-order valence-corrected chi connectivity index (χ1v) is 12.6. The molecule has 0 saturated carbocycles. The van der Waals surface area contributed by atoms with Crippen molar-refractivity contribution in [2.75, 3.05) is 44.5 Å². The molecule has 0 atom stereocenters. The second-order valence-electron chi connectivity index (χ2n) is 8.64. The maximum absolute atomic E-state index is 13.4. The zero-order valence-electron chi connectivity index (χ0n) is 21.4. The average Bonchev–Trinajstić information content (AvgIpc) is 3.21. The highest BCUT2D eigenvalue weighted by Gasteiger charge is 2.31. The predicted octanol–water partition coefficient (Wildman–Crippen LogP) is 4.64. The quantitative estimate of drug-likeness (QED) is 0.140. The first-order chi connectivity index (χ1) is 19.1. The van der Waals surface area contributed by atoms with Gasteiger partial charge in [0.2, 0.25) is 0 Å². The molecule has 1 aliphatic heterocycles. The maximum atomic E-state index is 13.4. The van der Waals surface area contributed by atoms with Crippen molar-refractivity contribution in [3.8, 4) is 5.75 Å². The van der Waals surface area contributed by atoms with Crippen LogP contribution in [0, 0.1) is 10.1 Å². The van der Waals surface area contributed by atoms with Crippen molar-refractivity contribution in [1.29, 1.82) is 0 Å². The highest BCUT2D eigenvalue weighted by atomic mass is 16.6. The summed E-state index contributed by atoms with van der Waals surface area (Å²) in [5.41, 5.74) is 4.09. The lowest BCUT2D eigenvalue weighted by atomic mass is 10.1. The van der Waals surface area contributed by atoms with Crippen LogP contribution >= 0.6 is 0 Å². The van der Waals surface area contributed by atoms with Gasteiger partial charge in [0.05, 0.1) is 50.2 Å². The number of hydrogen-bond donors (Lipinski definition) is 1. The summed E-state index contributed by atoms with van der Waals surface area (Å²) >= 11 is 0. The molecule has 202 valence electrons. The number of aliphatic hydroxyl groups excluding tert-OH is 1. The Labute approximate surface area is 226 Å². The highest BCUT2D eigenvalue weighted by Crippen LogP contribution is 2.37. The molecule has 39 heavy (non-hydrogen) atoms. The van der Waals surface area contributed by atoms with Crippen LogP contribution in [0.25, 0.3) is 11.6 Å². The number of non-ortho nitro benzene ring substituents is 1. The fourth-order valence-electron chi connectivity index (χ4n) is 4.07. The molecule has 0 aliphatic carbocycles. The zero-order valence-corrected chi connectivity index (χ0v) is 21.4. The van der Waals surface area contributed by atoms with Gasteiger partial charge in [-0.05, 0) is 47.5 Å². The van der Waals surface area contributed by atoms with E-state index in [4.69, 9.17) is 19.3 Å². The van der Waals surface area contributed by atoms with Crippen LogP contribution in [0.3, 0.4) is 0 Å². The number of anilines is 1. The van der Waals surface area contributed by atoms with Crippen molar-refractivity contribution in [3.63, 3.8) is 0 Å². The number of para-hydroxylation sites is 1. The minimum Gasteiger partial charge on any atom is -0.491 e. The summed E-state index contributed by atoms with van der Waals surface area (Å²) in [6.07, 6.45) is 5.37. The smallest absolute Gasteiger partial charge is 0.269 e. The highest BCUT2D eigenvalue weighted by molar-refractivity contribution is 6.32. The molecule has 1 N–H and O–H groups in total. The molecule has 1 heterocycles. The number of amides is 1. The van der Waals surface area contributed by atoms with Gasteiger partial charge in [-0.15, -0.1) is 0 Å². The van der Waals surface area contributed by atoms with E-state index in [-0.39, 0.29) is 18.2 Å². The number of benzene rings is 3. The van der Waals surface area contributed by atoms with Crippen molar-refractivity contribution in [1.82, 2.24) is 0 Å². The normalized spacial score (nSPS) is 13.8. The molecule has 0 saturated heterocycles. The summed E-state index contributed by atoms with van der Waals surface area (Å²) in [4.78, 5) is 25.5. The fourth-order valence-corrected chi connectivity index (χ4v) is 4.07. The second-order valence-corrected chi connectivity index (χ2v) is 8.64. The number of nitro benzene ring substituents is 1. The summed E-state index contributed by atoms with van der Waals surface area (Å²) in [5, 5.41) is 19.5. The molecule has 0 bridgehead atoms. The van der Waals surface area contributed by atoms with Crippen LogP contribution in [0.1, 0.15) is 16.7 Å². The zero-order chi connectivity index (χ0) is 27.5. The Morgan fingerprint density at radius 3 is 2.28 bits per heavy atom. The molecule has 9 heteroatoms. The minimum absolute atomic E-state index is 0.00112. The Hall–Kier alpha value is -4.31. The molecule has 0 aromatic heterocycles. The van der Waals surface area contributed by atoms with Gasteiger partial charge in [-0.3, -0.25) is 14.9 Å². The molecule has 3 aromatic carbocycles. The van der Waals surface area contributed by atoms with Crippen LogP contribution in [0.4, 0.5) is 11.4 Å². The van der Waals surface area contributed by atoms with E-state index in [9.17, 15) is 14.9 Å². The molecule has 3 aromatic rings. The number of allylic oxidation sites excluding steroid dienone is 2.